The number of aryl methyl sites for hydroxylation is 2. The summed E-state index contributed by atoms with van der Waals surface area (Å²) in [6.45, 7) is 2.09. The zero-order valence-corrected chi connectivity index (χ0v) is 10.5. The average molecular weight is 243 g/mol. The summed E-state index contributed by atoms with van der Waals surface area (Å²) < 4.78 is 0. The lowest BCUT2D eigenvalue weighted by molar-refractivity contribution is 0.404. The number of benzene rings is 1. The van der Waals surface area contributed by atoms with Gasteiger partial charge < -0.3 is 10.2 Å². The summed E-state index contributed by atoms with van der Waals surface area (Å²) in [6, 6.07) is 3.18. The maximum Gasteiger partial charge on any atom is 0.159 e. The molecule has 0 unspecified atom stereocenters. The highest BCUT2D eigenvalue weighted by atomic mass is 16.3. The fraction of sp³-hybridized carbons (Fsp3) is 0.400. The normalized spacial score (nSPS) is 15.4. The minimum Gasteiger partial charge on any atom is -0.504 e. The van der Waals surface area contributed by atoms with Gasteiger partial charge in [0.1, 0.15) is 0 Å². The van der Waals surface area contributed by atoms with Crippen molar-refractivity contribution in [2.45, 2.75) is 39.0 Å². The smallest absolute Gasteiger partial charge is 0.159 e. The number of hydrogen-bond acceptors (Lipinski definition) is 3. The van der Waals surface area contributed by atoms with E-state index in [0.717, 1.165) is 23.7 Å². The van der Waals surface area contributed by atoms with E-state index in [2.05, 4.69) is 11.9 Å². The molecule has 2 N–H and O–H groups in total. The van der Waals surface area contributed by atoms with Gasteiger partial charge in [-0.05, 0) is 49.8 Å². The summed E-state index contributed by atoms with van der Waals surface area (Å²) in [6.07, 6.45) is 5.75. The Labute approximate surface area is 106 Å². The Balaban J connectivity index is 2.31. The molecule has 0 saturated carbocycles. The Bertz CT molecular complexity index is 620. The van der Waals surface area contributed by atoms with E-state index in [-0.39, 0.29) is 11.5 Å². The third-order valence-electron chi connectivity index (χ3n) is 3.89. The highest BCUT2D eigenvalue weighted by molar-refractivity contribution is 5.86. The molecule has 94 valence electrons. The largest absolute Gasteiger partial charge is 0.504 e. The maximum atomic E-state index is 9.62. The van der Waals surface area contributed by atoms with Crippen LogP contribution in [0.2, 0.25) is 0 Å². The van der Waals surface area contributed by atoms with E-state index in [9.17, 15) is 10.2 Å². The molecule has 1 aromatic heterocycles. The fourth-order valence-corrected chi connectivity index (χ4v) is 2.86. The van der Waals surface area contributed by atoms with Crippen LogP contribution in [-0.4, -0.2) is 15.2 Å². The van der Waals surface area contributed by atoms with Crippen molar-refractivity contribution in [3.63, 3.8) is 0 Å². The summed E-state index contributed by atoms with van der Waals surface area (Å²) in [5.41, 5.74) is 4.49. The number of rotatable bonds is 0. The average Bonchev–Trinajstić information content (AvgIpc) is 2.58. The molecule has 0 radical (unpaired) electrons. The third-order valence-corrected chi connectivity index (χ3v) is 3.89. The Hall–Kier alpha value is -1.77. The highest BCUT2D eigenvalue weighted by Crippen LogP contribution is 2.34. The molecule has 3 heteroatoms. The summed E-state index contributed by atoms with van der Waals surface area (Å²) in [5, 5.41) is 20.2. The number of hydrogen-bond donors (Lipinski definition) is 2. The lowest BCUT2D eigenvalue weighted by Crippen LogP contribution is -2.00. The molecule has 2 aromatic rings. The molecular formula is C15H17NO2. The summed E-state index contributed by atoms with van der Waals surface area (Å²) in [5.74, 6) is -0.163. The number of phenols is 2. The topological polar surface area (TPSA) is 53.4 Å². The van der Waals surface area contributed by atoms with Crippen LogP contribution in [0, 0.1) is 6.92 Å². The van der Waals surface area contributed by atoms with Gasteiger partial charge in [0.15, 0.2) is 11.5 Å². The van der Waals surface area contributed by atoms with E-state index in [1.54, 1.807) is 12.1 Å². The number of pyridine rings is 1. The van der Waals surface area contributed by atoms with Gasteiger partial charge in [-0.15, -0.1) is 0 Å². The molecule has 1 aromatic carbocycles. The summed E-state index contributed by atoms with van der Waals surface area (Å²) in [7, 11) is 0. The van der Waals surface area contributed by atoms with Gasteiger partial charge in [-0.25, -0.2) is 0 Å². The van der Waals surface area contributed by atoms with Gasteiger partial charge in [-0.1, -0.05) is 6.42 Å². The molecule has 1 heterocycles. The number of phenolic OH excluding ortho intramolecular Hbond substituents is 2. The second-order valence-corrected chi connectivity index (χ2v) is 5.08. The first-order chi connectivity index (χ1) is 8.66. The number of aromatic nitrogens is 1. The molecule has 0 fully saturated rings. The summed E-state index contributed by atoms with van der Waals surface area (Å²) in [4.78, 5) is 4.67. The minimum absolute atomic E-state index is 0.0685. The first kappa shape index (κ1) is 11.3. The molecule has 3 rings (SSSR count). The van der Waals surface area contributed by atoms with Crippen molar-refractivity contribution < 1.29 is 10.2 Å². The Morgan fingerprint density at radius 3 is 2.56 bits per heavy atom. The highest BCUT2D eigenvalue weighted by Gasteiger charge is 2.16. The number of nitrogens with zero attached hydrogens (tertiary/aromatic N) is 1. The molecule has 0 spiro atoms. The van der Waals surface area contributed by atoms with E-state index in [4.69, 9.17) is 0 Å². The molecule has 0 bridgehead atoms. The molecular weight excluding hydrogens is 226 g/mol. The van der Waals surface area contributed by atoms with Crippen molar-refractivity contribution in [2.75, 3.05) is 0 Å². The van der Waals surface area contributed by atoms with Crippen LogP contribution in [-0.2, 0) is 12.8 Å². The van der Waals surface area contributed by atoms with Crippen LogP contribution in [0.1, 0.15) is 36.1 Å². The molecule has 3 nitrogen and oxygen atoms in total. The Morgan fingerprint density at radius 2 is 1.72 bits per heavy atom. The van der Waals surface area contributed by atoms with Gasteiger partial charge in [-0.2, -0.15) is 0 Å². The van der Waals surface area contributed by atoms with Gasteiger partial charge in [0.2, 0.25) is 0 Å². The quantitative estimate of drug-likeness (QED) is 0.551. The molecule has 18 heavy (non-hydrogen) atoms. The van der Waals surface area contributed by atoms with E-state index < -0.39 is 0 Å². The van der Waals surface area contributed by atoms with Gasteiger partial charge in [0.25, 0.3) is 0 Å². The lowest BCUT2D eigenvalue weighted by Gasteiger charge is -2.13. The first-order valence-electron chi connectivity index (χ1n) is 6.51. The van der Waals surface area contributed by atoms with Crippen LogP contribution in [0.3, 0.4) is 0 Å². The fourth-order valence-electron chi connectivity index (χ4n) is 2.86. The second kappa shape index (κ2) is 4.16. The van der Waals surface area contributed by atoms with Crippen LogP contribution < -0.4 is 0 Å². The van der Waals surface area contributed by atoms with Crippen LogP contribution in [0.15, 0.2) is 12.1 Å². The van der Waals surface area contributed by atoms with E-state index >= 15 is 0 Å². The van der Waals surface area contributed by atoms with Crippen LogP contribution in [0.4, 0.5) is 0 Å². The molecule has 0 amide bonds. The monoisotopic (exact) mass is 243 g/mol. The van der Waals surface area contributed by atoms with Crippen LogP contribution in [0.5, 0.6) is 11.5 Å². The maximum absolute atomic E-state index is 9.62. The lowest BCUT2D eigenvalue weighted by atomic mass is 9.98. The molecule has 0 saturated heterocycles. The Kier molecular flexibility index (Phi) is 2.62. The van der Waals surface area contributed by atoms with Crippen LogP contribution >= 0.6 is 0 Å². The number of fused-ring (bicyclic) bond motifs is 2. The molecule has 1 aliphatic rings. The van der Waals surface area contributed by atoms with Crippen LogP contribution in [0.25, 0.3) is 10.9 Å². The van der Waals surface area contributed by atoms with Crippen molar-refractivity contribution in [1.82, 2.24) is 4.98 Å². The van der Waals surface area contributed by atoms with Gasteiger partial charge in [0, 0.05) is 17.1 Å². The van der Waals surface area contributed by atoms with E-state index in [0.29, 0.717) is 0 Å². The van der Waals surface area contributed by atoms with Crippen molar-refractivity contribution in [3.05, 3.63) is 29.0 Å². The zero-order chi connectivity index (χ0) is 12.7. The van der Waals surface area contributed by atoms with Crippen molar-refractivity contribution in [3.8, 4) is 11.5 Å². The molecule has 0 aliphatic heterocycles. The second-order valence-electron chi connectivity index (χ2n) is 5.08. The molecule has 0 atom stereocenters. The SMILES string of the molecule is Cc1c2c(nc3cc(O)c(O)cc13)CCCCC2. The van der Waals surface area contributed by atoms with E-state index in [1.807, 2.05) is 0 Å². The number of aromatic hydroxyl groups is 2. The predicted octanol–water partition coefficient (Wildman–Crippen LogP) is 3.22. The van der Waals surface area contributed by atoms with Crippen molar-refractivity contribution >= 4 is 10.9 Å². The van der Waals surface area contributed by atoms with Gasteiger partial charge >= 0.3 is 0 Å². The van der Waals surface area contributed by atoms with Crippen molar-refractivity contribution in [2.24, 2.45) is 0 Å². The third kappa shape index (κ3) is 1.70. The summed E-state index contributed by atoms with van der Waals surface area (Å²) >= 11 is 0. The standard InChI is InChI=1S/C15H17NO2/c1-9-10-5-3-2-4-6-12(10)16-13-8-15(18)14(17)7-11(9)13/h7-8,17-18H,2-6H2,1H3. The molecule has 1 aliphatic carbocycles. The van der Waals surface area contributed by atoms with Gasteiger partial charge in [0.05, 0.1) is 5.52 Å². The van der Waals surface area contributed by atoms with Gasteiger partial charge in [-0.3, -0.25) is 4.98 Å². The van der Waals surface area contributed by atoms with E-state index in [1.165, 1.54) is 36.1 Å². The minimum atomic E-state index is -0.0945. The Morgan fingerprint density at radius 1 is 1.00 bits per heavy atom. The zero-order valence-electron chi connectivity index (χ0n) is 10.5. The first-order valence-corrected chi connectivity index (χ1v) is 6.51. The van der Waals surface area contributed by atoms with Crippen molar-refractivity contribution in [1.29, 1.82) is 0 Å². The predicted molar refractivity (Wildman–Crippen MR) is 71.1 cm³/mol.